The van der Waals surface area contributed by atoms with Crippen LogP contribution < -0.4 is 0 Å². The predicted octanol–water partition coefficient (Wildman–Crippen LogP) is 3.84. The van der Waals surface area contributed by atoms with Crippen molar-refractivity contribution in [3.63, 3.8) is 0 Å². The molecule has 2 aliphatic rings. The van der Waals surface area contributed by atoms with E-state index < -0.39 is 11.5 Å². The van der Waals surface area contributed by atoms with E-state index in [0.717, 1.165) is 18.5 Å². The van der Waals surface area contributed by atoms with Gasteiger partial charge in [0.2, 0.25) is 0 Å². The van der Waals surface area contributed by atoms with Gasteiger partial charge in [0.05, 0.1) is 0 Å². The molecule has 1 aromatic carbocycles. The molecule has 0 atom stereocenters. The van der Waals surface area contributed by atoms with Gasteiger partial charge in [-0.25, -0.2) is 0 Å². The van der Waals surface area contributed by atoms with E-state index in [2.05, 4.69) is 37.8 Å². The Kier molecular flexibility index (Phi) is 5.64. The lowest BCUT2D eigenvalue weighted by molar-refractivity contribution is -0.130. The van der Waals surface area contributed by atoms with Crippen LogP contribution in [0.2, 0.25) is 0 Å². The van der Waals surface area contributed by atoms with E-state index in [1.165, 1.54) is 35.8 Å². The van der Waals surface area contributed by atoms with Crippen molar-refractivity contribution >= 4 is 11.7 Å². The van der Waals surface area contributed by atoms with Gasteiger partial charge in [0, 0.05) is 38.2 Å². The van der Waals surface area contributed by atoms with E-state index in [1.807, 2.05) is 0 Å². The highest BCUT2D eigenvalue weighted by atomic mass is 16.3. The number of benzene rings is 1. The van der Waals surface area contributed by atoms with Gasteiger partial charge in [-0.2, -0.15) is 0 Å². The molecular formula is C23H30N2O3. The second-order valence-corrected chi connectivity index (χ2v) is 8.18. The van der Waals surface area contributed by atoms with E-state index in [4.69, 9.17) is 0 Å². The van der Waals surface area contributed by atoms with E-state index in [-0.39, 0.29) is 17.0 Å². The Morgan fingerprint density at radius 3 is 2.46 bits per heavy atom. The van der Waals surface area contributed by atoms with Gasteiger partial charge in [-0.15, -0.1) is 0 Å². The summed E-state index contributed by atoms with van der Waals surface area (Å²) >= 11 is 0. The number of rotatable bonds is 5. The van der Waals surface area contributed by atoms with Crippen LogP contribution in [0.3, 0.4) is 0 Å². The first-order valence-corrected chi connectivity index (χ1v) is 9.98. The highest BCUT2D eigenvalue weighted by Crippen LogP contribution is 2.47. The molecule has 0 aromatic heterocycles. The number of ketones is 1. The first-order chi connectivity index (χ1) is 13.3. The molecular weight excluding hydrogens is 352 g/mol. The molecule has 0 spiro atoms. The smallest absolute Gasteiger partial charge is 0.274 e. The molecule has 3 rings (SSSR count). The van der Waals surface area contributed by atoms with E-state index >= 15 is 0 Å². The second kappa shape index (κ2) is 7.82. The number of nitrogens with zero attached hydrogens (tertiary/aromatic N) is 2. The molecule has 1 N–H and O–H groups in total. The molecule has 1 aliphatic carbocycles. The Balaban J connectivity index is 1.96. The van der Waals surface area contributed by atoms with Crippen LogP contribution >= 0.6 is 0 Å². The standard InChI is InChI=1S/C23H30N2O3/c1-16-9-5-6-10-19(16)23(11-7-8-12-23)15-17(2)25-14-13-24(4)22(28)20(25)21(27)18(3)26/h5-6,9-10,27H,2,7-8,11-15H2,1,3-4H3/b21-20+. The number of aryl methyl sites for hydroxylation is 1. The fourth-order valence-electron chi connectivity index (χ4n) is 4.72. The van der Waals surface area contributed by atoms with Crippen molar-refractivity contribution in [2.24, 2.45) is 0 Å². The predicted molar refractivity (Wildman–Crippen MR) is 110 cm³/mol. The molecule has 150 valence electrons. The molecule has 1 aromatic rings. The van der Waals surface area contributed by atoms with E-state index in [0.29, 0.717) is 19.5 Å². The Labute approximate surface area is 167 Å². The fraction of sp³-hybridized carbons (Fsp3) is 0.478. The summed E-state index contributed by atoms with van der Waals surface area (Å²) in [5.41, 5.74) is 3.45. The molecule has 0 bridgehead atoms. The Bertz CT molecular complexity index is 834. The van der Waals surface area contributed by atoms with Gasteiger partial charge >= 0.3 is 0 Å². The third kappa shape index (κ3) is 3.58. The molecule has 0 radical (unpaired) electrons. The van der Waals surface area contributed by atoms with Crippen molar-refractivity contribution < 1.29 is 14.7 Å². The maximum absolute atomic E-state index is 12.7. The van der Waals surface area contributed by atoms with Gasteiger partial charge in [-0.05, 0) is 37.3 Å². The summed E-state index contributed by atoms with van der Waals surface area (Å²) in [6.45, 7) is 8.77. The van der Waals surface area contributed by atoms with Crippen LogP contribution in [0.25, 0.3) is 0 Å². The normalized spacial score (nSPS) is 21.0. The van der Waals surface area contributed by atoms with Crippen molar-refractivity contribution in [2.75, 3.05) is 20.1 Å². The molecule has 1 saturated heterocycles. The van der Waals surface area contributed by atoms with Crippen LogP contribution in [0.5, 0.6) is 0 Å². The monoisotopic (exact) mass is 382 g/mol. The van der Waals surface area contributed by atoms with Gasteiger partial charge in [0.1, 0.15) is 0 Å². The van der Waals surface area contributed by atoms with Crippen molar-refractivity contribution in [3.05, 3.63) is 59.1 Å². The lowest BCUT2D eigenvalue weighted by Crippen LogP contribution is -2.48. The van der Waals surface area contributed by atoms with Crippen LogP contribution in [0, 0.1) is 6.92 Å². The Hall–Kier alpha value is -2.56. The number of aliphatic hydroxyl groups excluding tert-OH is 1. The molecule has 0 unspecified atom stereocenters. The van der Waals surface area contributed by atoms with Gasteiger partial charge < -0.3 is 14.9 Å². The summed E-state index contributed by atoms with van der Waals surface area (Å²) in [5.74, 6) is -1.32. The van der Waals surface area contributed by atoms with Crippen LogP contribution in [0.15, 0.2) is 48.0 Å². The number of piperazine rings is 1. The number of amides is 1. The summed E-state index contributed by atoms with van der Waals surface area (Å²) in [6.07, 6.45) is 5.21. The molecule has 5 nitrogen and oxygen atoms in total. The van der Waals surface area contributed by atoms with Crippen LogP contribution in [-0.4, -0.2) is 46.7 Å². The van der Waals surface area contributed by atoms with Crippen LogP contribution in [-0.2, 0) is 15.0 Å². The number of likely N-dealkylation sites (N-methyl/N-ethyl adjacent to an activating group) is 1. The summed E-state index contributed by atoms with van der Waals surface area (Å²) in [5, 5.41) is 10.3. The lowest BCUT2D eigenvalue weighted by Gasteiger charge is -2.40. The molecule has 1 aliphatic heterocycles. The zero-order valence-corrected chi connectivity index (χ0v) is 17.1. The van der Waals surface area contributed by atoms with Crippen LogP contribution in [0.4, 0.5) is 0 Å². The minimum absolute atomic E-state index is 0.00816. The number of carbonyl (C=O) groups excluding carboxylic acids is 2. The second-order valence-electron chi connectivity index (χ2n) is 8.18. The van der Waals surface area contributed by atoms with Crippen LogP contribution in [0.1, 0.15) is 50.2 Å². The number of carbonyl (C=O) groups is 2. The Morgan fingerprint density at radius 1 is 1.21 bits per heavy atom. The zero-order chi connectivity index (χ0) is 20.5. The van der Waals surface area contributed by atoms with Gasteiger partial charge in [0.15, 0.2) is 17.2 Å². The van der Waals surface area contributed by atoms with Crippen molar-refractivity contribution in [1.29, 1.82) is 0 Å². The van der Waals surface area contributed by atoms with E-state index in [9.17, 15) is 14.7 Å². The zero-order valence-electron chi connectivity index (χ0n) is 17.1. The summed E-state index contributed by atoms with van der Waals surface area (Å²) in [7, 11) is 1.68. The van der Waals surface area contributed by atoms with Crippen molar-refractivity contribution in [2.45, 2.75) is 51.4 Å². The maximum atomic E-state index is 12.7. The highest BCUT2D eigenvalue weighted by molar-refractivity contribution is 6.03. The minimum Gasteiger partial charge on any atom is -0.503 e. The third-order valence-electron chi connectivity index (χ3n) is 6.24. The van der Waals surface area contributed by atoms with E-state index in [1.54, 1.807) is 11.9 Å². The molecule has 1 amide bonds. The third-order valence-corrected chi connectivity index (χ3v) is 6.24. The summed E-state index contributed by atoms with van der Waals surface area (Å²) in [4.78, 5) is 27.8. The number of hydrogen-bond acceptors (Lipinski definition) is 4. The molecule has 2 fully saturated rings. The molecule has 1 heterocycles. The summed E-state index contributed by atoms with van der Waals surface area (Å²) in [6, 6.07) is 8.48. The highest BCUT2D eigenvalue weighted by Gasteiger charge is 2.40. The maximum Gasteiger partial charge on any atom is 0.274 e. The van der Waals surface area contributed by atoms with Gasteiger partial charge in [-0.1, -0.05) is 43.7 Å². The van der Waals surface area contributed by atoms with Crippen molar-refractivity contribution in [3.8, 4) is 0 Å². The first-order valence-electron chi connectivity index (χ1n) is 9.98. The quantitative estimate of drug-likeness (QED) is 0.621. The number of Topliss-reactive ketones (excluding diaryl/α,β-unsaturated/α-hetero) is 1. The molecule has 28 heavy (non-hydrogen) atoms. The average Bonchev–Trinajstić information content (AvgIpc) is 3.12. The van der Waals surface area contributed by atoms with Crippen molar-refractivity contribution in [1.82, 2.24) is 9.80 Å². The average molecular weight is 383 g/mol. The Morgan fingerprint density at radius 2 is 1.86 bits per heavy atom. The number of aliphatic hydroxyl groups is 1. The lowest BCUT2D eigenvalue weighted by atomic mass is 9.73. The minimum atomic E-state index is -0.508. The topological polar surface area (TPSA) is 60.9 Å². The molecule has 1 saturated carbocycles. The largest absolute Gasteiger partial charge is 0.503 e. The van der Waals surface area contributed by atoms with Gasteiger partial charge in [-0.3, -0.25) is 9.59 Å². The van der Waals surface area contributed by atoms with Gasteiger partial charge in [0.25, 0.3) is 5.91 Å². The number of hydrogen-bond donors (Lipinski definition) is 1. The molecule has 5 heteroatoms. The number of allylic oxidation sites excluding steroid dienone is 2. The summed E-state index contributed by atoms with van der Waals surface area (Å²) < 4.78 is 0. The fourth-order valence-corrected chi connectivity index (χ4v) is 4.72. The first kappa shape index (κ1) is 20.2. The SMILES string of the molecule is C=C(CC1(c2ccccc2C)CCCC1)N1CCN(C)C(=O)/C1=C(\O)C(C)=O.